The zero-order valence-corrected chi connectivity index (χ0v) is 12.8. The van der Waals surface area contributed by atoms with Gasteiger partial charge in [-0.1, -0.05) is 18.2 Å². The highest BCUT2D eigenvalue weighted by Gasteiger charge is 2.16. The number of carbonyl (C=O) groups excluding carboxylic acids is 1. The minimum absolute atomic E-state index is 0.0546. The predicted molar refractivity (Wildman–Crippen MR) is 79.3 cm³/mol. The standard InChI is InChI=1S/C15H15NO5S/c1-10-3-8-14(21-2)13(9-10)16-22(19,20)12-6-4-11(5-7-12)15(17)18/h3-9,16H,1-2H3,(H,17,18)/p-1. The molecule has 0 aliphatic carbocycles. The largest absolute Gasteiger partial charge is 0.545 e. The maximum atomic E-state index is 12.3. The molecule has 0 amide bonds. The minimum atomic E-state index is -3.85. The van der Waals surface area contributed by atoms with Crippen molar-refractivity contribution in [3.63, 3.8) is 0 Å². The summed E-state index contributed by atoms with van der Waals surface area (Å²) in [6.07, 6.45) is 0. The van der Waals surface area contributed by atoms with Gasteiger partial charge in [-0.2, -0.15) is 0 Å². The number of sulfonamides is 1. The highest BCUT2D eigenvalue weighted by Crippen LogP contribution is 2.27. The summed E-state index contributed by atoms with van der Waals surface area (Å²) >= 11 is 0. The van der Waals surface area contributed by atoms with E-state index >= 15 is 0 Å². The monoisotopic (exact) mass is 320 g/mol. The van der Waals surface area contributed by atoms with Gasteiger partial charge in [-0.25, -0.2) is 8.42 Å². The van der Waals surface area contributed by atoms with Crippen molar-refractivity contribution in [2.45, 2.75) is 11.8 Å². The van der Waals surface area contributed by atoms with E-state index in [9.17, 15) is 18.3 Å². The predicted octanol–water partition coefficient (Wildman–Crippen LogP) is 1.17. The van der Waals surface area contributed by atoms with Gasteiger partial charge >= 0.3 is 0 Å². The first-order chi connectivity index (χ1) is 10.3. The average molecular weight is 320 g/mol. The molecule has 1 N–H and O–H groups in total. The molecule has 7 heteroatoms. The number of nitrogens with one attached hydrogen (secondary N) is 1. The van der Waals surface area contributed by atoms with Crippen molar-refractivity contribution in [2.75, 3.05) is 11.8 Å². The van der Waals surface area contributed by atoms with Crippen molar-refractivity contribution in [3.05, 3.63) is 53.6 Å². The summed E-state index contributed by atoms with van der Waals surface area (Å²) in [5.74, 6) is -0.974. The fraction of sp³-hybridized carbons (Fsp3) is 0.133. The second-order valence-corrected chi connectivity index (χ2v) is 6.30. The number of hydrogen-bond acceptors (Lipinski definition) is 5. The van der Waals surface area contributed by atoms with Crippen molar-refractivity contribution in [2.24, 2.45) is 0 Å². The Kier molecular flexibility index (Phi) is 4.37. The van der Waals surface area contributed by atoms with E-state index < -0.39 is 16.0 Å². The third kappa shape index (κ3) is 3.37. The van der Waals surface area contributed by atoms with Crippen LogP contribution in [0.5, 0.6) is 5.75 Å². The first-order valence-corrected chi connectivity index (χ1v) is 7.80. The van der Waals surface area contributed by atoms with Gasteiger partial charge in [-0.3, -0.25) is 4.72 Å². The molecular weight excluding hydrogens is 306 g/mol. The van der Waals surface area contributed by atoms with Crippen LogP contribution < -0.4 is 14.6 Å². The molecule has 0 aliphatic heterocycles. The van der Waals surface area contributed by atoms with E-state index in [2.05, 4.69) is 4.72 Å². The number of anilines is 1. The van der Waals surface area contributed by atoms with Crippen LogP contribution in [-0.4, -0.2) is 21.5 Å². The second kappa shape index (κ2) is 6.07. The van der Waals surface area contributed by atoms with Crippen molar-refractivity contribution >= 4 is 21.7 Å². The van der Waals surface area contributed by atoms with Gasteiger partial charge in [0.1, 0.15) is 5.75 Å². The number of benzene rings is 2. The fourth-order valence-corrected chi connectivity index (χ4v) is 2.94. The number of methoxy groups -OCH3 is 1. The van der Waals surface area contributed by atoms with Crippen LogP contribution in [0.15, 0.2) is 47.4 Å². The molecule has 2 aromatic carbocycles. The molecule has 0 bridgehead atoms. The quantitative estimate of drug-likeness (QED) is 0.892. The van der Waals surface area contributed by atoms with E-state index in [0.29, 0.717) is 11.4 Å². The Morgan fingerprint density at radius 2 is 1.77 bits per heavy atom. The van der Waals surface area contributed by atoms with E-state index in [4.69, 9.17) is 4.74 Å². The molecule has 22 heavy (non-hydrogen) atoms. The minimum Gasteiger partial charge on any atom is -0.545 e. The fourth-order valence-electron chi connectivity index (χ4n) is 1.88. The van der Waals surface area contributed by atoms with Gasteiger partial charge < -0.3 is 14.6 Å². The maximum Gasteiger partial charge on any atom is 0.262 e. The molecule has 0 aliphatic rings. The Morgan fingerprint density at radius 1 is 1.14 bits per heavy atom. The van der Waals surface area contributed by atoms with Gasteiger partial charge in [0, 0.05) is 0 Å². The van der Waals surface area contributed by atoms with Gasteiger partial charge in [-0.05, 0) is 42.3 Å². The van der Waals surface area contributed by atoms with Crippen LogP contribution in [0.1, 0.15) is 15.9 Å². The van der Waals surface area contributed by atoms with Gasteiger partial charge in [0.25, 0.3) is 10.0 Å². The Bertz CT molecular complexity index is 797. The molecule has 0 atom stereocenters. The molecule has 2 rings (SSSR count). The number of carboxylic acid groups (broad SMARTS) is 1. The smallest absolute Gasteiger partial charge is 0.262 e. The van der Waals surface area contributed by atoms with E-state index in [0.717, 1.165) is 5.56 Å². The van der Waals surface area contributed by atoms with Crippen molar-refractivity contribution in [3.8, 4) is 5.75 Å². The summed E-state index contributed by atoms with van der Waals surface area (Å²) in [7, 11) is -2.41. The first kappa shape index (κ1) is 15.8. The number of rotatable bonds is 5. The number of aromatic carboxylic acids is 1. The zero-order chi connectivity index (χ0) is 16.3. The lowest BCUT2D eigenvalue weighted by Crippen LogP contribution is -2.22. The highest BCUT2D eigenvalue weighted by atomic mass is 32.2. The van der Waals surface area contributed by atoms with Gasteiger partial charge in [0.2, 0.25) is 0 Å². The average Bonchev–Trinajstić information content (AvgIpc) is 2.47. The molecule has 0 aromatic heterocycles. The first-order valence-electron chi connectivity index (χ1n) is 6.32. The van der Waals surface area contributed by atoms with E-state index in [-0.39, 0.29) is 10.5 Å². The Labute approximate surface area is 128 Å². The summed E-state index contributed by atoms with van der Waals surface area (Å²) in [4.78, 5) is 10.6. The summed E-state index contributed by atoms with van der Waals surface area (Å²) in [6, 6.07) is 9.86. The highest BCUT2D eigenvalue weighted by molar-refractivity contribution is 7.92. The van der Waals surface area contributed by atoms with E-state index in [1.165, 1.54) is 31.4 Å². The van der Waals surface area contributed by atoms with Gasteiger partial charge in [0.15, 0.2) is 0 Å². The lowest BCUT2D eigenvalue weighted by molar-refractivity contribution is -0.255. The van der Waals surface area contributed by atoms with Gasteiger partial charge in [0.05, 0.1) is 23.7 Å². The summed E-state index contributed by atoms with van der Waals surface area (Å²) in [5.41, 5.74) is 1.09. The number of ether oxygens (including phenoxy) is 1. The van der Waals surface area contributed by atoms with Crippen molar-refractivity contribution < 1.29 is 23.1 Å². The van der Waals surface area contributed by atoms with Crippen LogP contribution in [0.2, 0.25) is 0 Å². The van der Waals surface area contributed by atoms with Crippen LogP contribution in [0, 0.1) is 6.92 Å². The maximum absolute atomic E-state index is 12.3. The summed E-state index contributed by atoms with van der Waals surface area (Å²) < 4.78 is 32.2. The Balaban J connectivity index is 2.35. The molecule has 6 nitrogen and oxygen atoms in total. The van der Waals surface area contributed by atoms with Crippen LogP contribution in [-0.2, 0) is 10.0 Å². The zero-order valence-electron chi connectivity index (χ0n) is 12.0. The van der Waals surface area contributed by atoms with E-state index in [1.807, 2.05) is 6.92 Å². The number of carbonyl (C=O) groups is 1. The SMILES string of the molecule is COc1ccc(C)cc1NS(=O)(=O)c1ccc(C(=O)[O-])cc1. The van der Waals surface area contributed by atoms with Crippen molar-refractivity contribution in [1.82, 2.24) is 0 Å². The molecule has 0 unspecified atom stereocenters. The van der Waals surface area contributed by atoms with E-state index in [1.54, 1.807) is 18.2 Å². The number of aryl methyl sites for hydroxylation is 1. The molecule has 2 aromatic rings. The molecule has 0 saturated carbocycles. The molecule has 0 fully saturated rings. The van der Waals surface area contributed by atoms with Crippen LogP contribution >= 0.6 is 0 Å². The number of carboxylic acids is 1. The summed E-state index contributed by atoms with van der Waals surface area (Å²) in [6.45, 7) is 1.83. The lowest BCUT2D eigenvalue weighted by Gasteiger charge is -2.13. The van der Waals surface area contributed by atoms with Gasteiger partial charge in [-0.15, -0.1) is 0 Å². The van der Waals surface area contributed by atoms with Crippen molar-refractivity contribution in [1.29, 1.82) is 0 Å². The molecular formula is C15H14NO5S-. The summed E-state index contributed by atoms with van der Waals surface area (Å²) in [5, 5.41) is 10.7. The molecule has 0 heterocycles. The molecule has 0 saturated heterocycles. The molecule has 0 radical (unpaired) electrons. The third-order valence-electron chi connectivity index (χ3n) is 3.00. The Morgan fingerprint density at radius 3 is 2.32 bits per heavy atom. The Hall–Kier alpha value is -2.54. The molecule has 0 spiro atoms. The van der Waals surface area contributed by atoms with Crippen LogP contribution in [0.4, 0.5) is 5.69 Å². The lowest BCUT2D eigenvalue weighted by atomic mass is 10.2. The topological polar surface area (TPSA) is 95.5 Å². The normalized spacial score (nSPS) is 11.0. The van der Waals surface area contributed by atoms with Crippen LogP contribution in [0.25, 0.3) is 0 Å². The third-order valence-corrected chi connectivity index (χ3v) is 4.38. The second-order valence-electron chi connectivity index (χ2n) is 4.62. The number of hydrogen-bond donors (Lipinski definition) is 1. The molecule has 116 valence electrons. The van der Waals surface area contributed by atoms with Crippen LogP contribution in [0.3, 0.4) is 0 Å².